The van der Waals surface area contributed by atoms with Crippen LogP contribution in [0.4, 0.5) is 0 Å². The summed E-state index contributed by atoms with van der Waals surface area (Å²) in [5.41, 5.74) is 1.07. The van der Waals surface area contributed by atoms with Crippen molar-refractivity contribution in [2.45, 2.75) is 19.4 Å². The third kappa shape index (κ3) is 0.992. The number of rotatable bonds is 1. The molecule has 2 rings (SSSR count). The number of methoxy groups -OCH3 is 1. The zero-order valence-corrected chi connectivity index (χ0v) is 7.26. The van der Waals surface area contributed by atoms with Gasteiger partial charge in [-0.2, -0.15) is 0 Å². The molecule has 66 valence electrons. The van der Waals surface area contributed by atoms with E-state index < -0.39 is 0 Å². The van der Waals surface area contributed by atoms with E-state index in [1.165, 1.54) is 0 Å². The molecule has 1 unspecified atom stereocenters. The minimum atomic E-state index is 0.287. The van der Waals surface area contributed by atoms with Crippen molar-refractivity contribution in [3.63, 3.8) is 0 Å². The van der Waals surface area contributed by atoms with E-state index in [1.54, 1.807) is 7.11 Å². The average Bonchev–Trinajstić information content (AvgIpc) is 2.49. The molecule has 0 bridgehead atoms. The van der Waals surface area contributed by atoms with Gasteiger partial charge in [0.05, 0.1) is 12.7 Å². The van der Waals surface area contributed by atoms with E-state index in [-0.39, 0.29) is 6.04 Å². The Morgan fingerprint density at radius 2 is 2.50 bits per heavy atom. The largest absolute Gasteiger partial charge is 0.479 e. The Bertz CT molecular complexity index is 269. The first-order valence-corrected chi connectivity index (χ1v) is 4.08. The highest BCUT2D eigenvalue weighted by molar-refractivity contribution is 5.33. The lowest BCUT2D eigenvalue weighted by molar-refractivity contribution is 0.326. The summed E-state index contributed by atoms with van der Waals surface area (Å²) in [5, 5.41) is 7.15. The van der Waals surface area contributed by atoms with Crippen molar-refractivity contribution >= 4 is 0 Å². The first-order valence-electron chi connectivity index (χ1n) is 4.08. The topological polar surface area (TPSA) is 47.3 Å². The van der Waals surface area contributed by atoms with Crippen molar-refractivity contribution < 1.29 is 9.26 Å². The molecule has 1 aliphatic rings. The van der Waals surface area contributed by atoms with Crippen LogP contribution in [-0.4, -0.2) is 18.8 Å². The van der Waals surface area contributed by atoms with Crippen LogP contribution in [-0.2, 0) is 6.42 Å². The number of aromatic nitrogens is 1. The Labute approximate surface area is 70.9 Å². The third-order valence-electron chi connectivity index (χ3n) is 2.20. The molecule has 0 spiro atoms. The molecule has 0 saturated carbocycles. The lowest BCUT2D eigenvalue weighted by atomic mass is 10.0. The van der Waals surface area contributed by atoms with Crippen LogP contribution in [0.3, 0.4) is 0 Å². The summed E-state index contributed by atoms with van der Waals surface area (Å²) in [7, 11) is 1.61. The van der Waals surface area contributed by atoms with Crippen LogP contribution < -0.4 is 10.1 Å². The molecule has 1 aromatic rings. The SMILES string of the molecule is COc1noc2c1C(C)NCC2. The molecule has 0 aromatic carbocycles. The molecule has 4 nitrogen and oxygen atoms in total. The molecule has 12 heavy (non-hydrogen) atoms. The average molecular weight is 168 g/mol. The fraction of sp³-hybridized carbons (Fsp3) is 0.625. The molecule has 0 saturated heterocycles. The maximum Gasteiger partial charge on any atom is 0.258 e. The van der Waals surface area contributed by atoms with Crippen LogP contribution in [0.25, 0.3) is 0 Å². The Hall–Kier alpha value is -1.03. The molecular weight excluding hydrogens is 156 g/mol. The summed E-state index contributed by atoms with van der Waals surface area (Å²) >= 11 is 0. The minimum absolute atomic E-state index is 0.287. The van der Waals surface area contributed by atoms with Gasteiger partial charge in [0.15, 0.2) is 0 Å². The van der Waals surface area contributed by atoms with Crippen LogP contribution in [0, 0.1) is 0 Å². The number of nitrogens with one attached hydrogen (secondary N) is 1. The fourth-order valence-corrected chi connectivity index (χ4v) is 1.57. The monoisotopic (exact) mass is 168 g/mol. The molecule has 0 fully saturated rings. The maximum absolute atomic E-state index is 5.13. The van der Waals surface area contributed by atoms with Crippen LogP contribution in [0.1, 0.15) is 24.3 Å². The van der Waals surface area contributed by atoms with Crippen molar-refractivity contribution in [1.29, 1.82) is 0 Å². The normalized spacial score (nSPS) is 22.0. The van der Waals surface area contributed by atoms with Gasteiger partial charge in [-0.15, -0.1) is 0 Å². The number of fused-ring (bicyclic) bond motifs is 1. The Morgan fingerprint density at radius 3 is 3.25 bits per heavy atom. The molecule has 1 aliphatic heterocycles. The molecule has 1 aromatic heterocycles. The summed E-state index contributed by atoms with van der Waals surface area (Å²) in [4.78, 5) is 0. The van der Waals surface area contributed by atoms with E-state index in [2.05, 4.69) is 17.4 Å². The summed E-state index contributed by atoms with van der Waals surface area (Å²) in [6.45, 7) is 3.03. The lowest BCUT2D eigenvalue weighted by Crippen LogP contribution is -2.26. The van der Waals surface area contributed by atoms with Gasteiger partial charge in [-0.1, -0.05) is 0 Å². The van der Waals surface area contributed by atoms with E-state index in [4.69, 9.17) is 9.26 Å². The van der Waals surface area contributed by atoms with Gasteiger partial charge in [-0.05, 0) is 12.1 Å². The van der Waals surface area contributed by atoms with Crippen LogP contribution in [0.5, 0.6) is 5.88 Å². The molecule has 0 radical (unpaired) electrons. The van der Waals surface area contributed by atoms with E-state index in [0.717, 1.165) is 24.3 Å². The van der Waals surface area contributed by atoms with Crippen molar-refractivity contribution in [1.82, 2.24) is 10.5 Å². The zero-order chi connectivity index (χ0) is 8.55. The van der Waals surface area contributed by atoms with Crippen molar-refractivity contribution in [3.05, 3.63) is 11.3 Å². The molecule has 0 amide bonds. The molecule has 4 heteroatoms. The first kappa shape index (κ1) is 7.61. The van der Waals surface area contributed by atoms with Gasteiger partial charge in [0.2, 0.25) is 0 Å². The minimum Gasteiger partial charge on any atom is -0.479 e. The molecule has 0 aliphatic carbocycles. The van der Waals surface area contributed by atoms with Crippen molar-refractivity contribution in [2.75, 3.05) is 13.7 Å². The van der Waals surface area contributed by atoms with Gasteiger partial charge < -0.3 is 14.6 Å². The molecule has 1 N–H and O–H groups in total. The second kappa shape index (κ2) is 2.79. The Morgan fingerprint density at radius 1 is 1.67 bits per heavy atom. The predicted octanol–water partition coefficient (Wildman–Crippen LogP) is 0.890. The number of nitrogens with zero attached hydrogens (tertiary/aromatic N) is 1. The second-order valence-electron chi connectivity index (χ2n) is 2.95. The molecule has 1 atom stereocenters. The van der Waals surface area contributed by atoms with Gasteiger partial charge in [-0.3, -0.25) is 0 Å². The van der Waals surface area contributed by atoms with E-state index >= 15 is 0 Å². The standard InChI is InChI=1S/C8H12N2O2/c1-5-7-6(3-4-9-5)12-10-8(7)11-2/h5,9H,3-4H2,1-2H3. The summed E-state index contributed by atoms with van der Waals surface area (Å²) in [6, 6.07) is 0.287. The Kier molecular flexibility index (Phi) is 1.77. The van der Waals surface area contributed by atoms with Crippen LogP contribution in [0.2, 0.25) is 0 Å². The highest BCUT2D eigenvalue weighted by Gasteiger charge is 2.25. The van der Waals surface area contributed by atoms with Gasteiger partial charge in [0.1, 0.15) is 5.76 Å². The number of hydrogen-bond acceptors (Lipinski definition) is 4. The highest BCUT2D eigenvalue weighted by Crippen LogP contribution is 2.30. The lowest BCUT2D eigenvalue weighted by Gasteiger charge is -2.18. The highest BCUT2D eigenvalue weighted by atomic mass is 16.5. The quantitative estimate of drug-likeness (QED) is 0.676. The first-order chi connectivity index (χ1) is 5.83. The summed E-state index contributed by atoms with van der Waals surface area (Å²) < 4.78 is 10.2. The molecular formula is C8H12N2O2. The fourth-order valence-electron chi connectivity index (χ4n) is 1.57. The third-order valence-corrected chi connectivity index (χ3v) is 2.20. The van der Waals surface area contributed by atoms with E-state index in [1.807, 2.05) is 0 Å². The van der Waals surface area contributed by atoms with Crippen LogP contribution in [0.15, 0.2) is 4.52 Å². The van der Waals surface area contributed by atoms with Gasteiger partial charge in [0.25, 0.3) is 5.88 Å². The maximum atomic E-state index is 5.13. The smallest absolute Gasteiger partial charge is 0.258 e. The summed E-state index contributed by atoms with van der Waals surface area (Å²) in [5.74, 6) is 1.57. The van der Waals surface area contributed by atoms with Crippen molar-refractivity contribution in [2.24, 2.45) is 0 Å². The van der Waals surface area contributed by atoms with Crippen LogP contribution >= 0.6 is 0 Å². The second-order valence-corrected chi connectivity index (χ2v) is 2.95. The van der Waals surface area contributed by atoms with Gasteiger partial charge >= 0.3 is 0 Å². The van der Waals surface area contributed by atoms with Gasteiger partial charge in [0, 0.05) is 19.0 Å². The Balaban J connectivity index is 2.43. The zero-order valence-electron chi connectivity index (χ0n) is 7.26. The number of ether oxygens (including phenoxy) is 1. The van der Waals surface area contributed by atoms with E-state index in [0.29, 0.717) is 5.88 Å². The van der Waals surface area contributed by atoms with Crippen molar-refractivity contribution in [3.8, 4) is 5.88 Å². The van der Waals surface area contributed by atoms with E-state index in [9.17, 15) is 0 Å². The number of hydrogen-bond donors (Lipinski definition) is 1. The molecule has 2 heterocycles. The van der Waals surface area contributed by atoms with Gasteiger partial charge in [-0.25, -0.2) is 0 Å². The predicted molar refractivity (Wildman–Crippen MR) is 43.2 cm³/mol. The summed E-state index contributed by atoms with van der Waals surface area (Å²) in [6.07, 6.45) is 0.899.